The normalized spacial score (nSPS) is 62.4. The van der Waals surface area contributed by atoms with Crippen molar-refractivity contribution in [1.29, 1.82) is 0 Å². The van der Waals surface area contributed by atoms with Crippen LogP contribution in [0.25, 0.3) is 0 Å². The highest BCUT2D eigenvalue weighted by molar-refractivity contribution is 9.12. The standard InChI is InChI=1S/C10H7BrO/c11-6-3-5-7(8(6)12)10-2-1-9(5,10)4-10/h1-3,5,7H,4H2/t5-,7-,9-,10+/m1/s1. The van der Waals surface area contributed by atoms with E-state index in [4.69, 9.17) is 0 Å². The van der Waals surface area contributed by atoms with Gasteiger partial charge >= 0.3 is 0 Å². The number of halogens is 1. The average molecular weight is 223 g/mol. The third kappa shape index (κ3) is 0.316. The maximum Gasteiger partial charge on any atom is 0.174 e. The van der Waals surface area contributed by atoms with Crippen molar-refractivity contribution in [2.45, 2.75) is 6.42 Å². The van der Waals surface area contributed by atoms with Crippen molar-refractivity contribution in [3.05, 3.63) is 22.7 Å². The number of ketones is 1. The summed E-state index contributed by atoms with van der Waals surface area (Å²) in [6, 6.07) is 0. The van der Waals surface area contributed by atoms with Gasteiger partial charge in [0.1, 0.15) is 0 Å². The summed E-state index contributed by atoms with van der Waals surface area (Å²) in [7, 11) is 0. The number of Topliss-reactive ketones (excluding diaryl/α,β-unsaturated/α-hetero) is 1. The van der Waals surface area contributed by atoms with Gasteiger partial charge in [-0.05, 0) is 28.3 Å². The summed E-state index contributed by atoms with van der Waals surface area (Å²) in [6.07, 6.45) is 7.94. The molecule has 0 aromatic heterocycles. The molecule has 0 aromatic rings. The SMILES string of the molecule is O=C1C(Br)=C[C@@H]2[C@H]1[C@@]13C=C[C@@]21C3. The summed E-state index contributed by atoms with van der Waals surface area (Å²) in [5.74, 6) is 1.21. The molecule has 0 amide bonds. The lowest BCUT2D eigenvalue weighted by atomic mass is 9.52. The lowest BCUT2D eigenvalue weighted by Gasteiger charge is -2.49. The molecular weight excluding hydrogens is 216 g/mol. The minimum absolute atomic E-state index is 0.317. The van der Waals surface area contributed by atoms with Crippen LogP contribution < -0.4 is 0 Å². The summed E-state index contributed by atoms with van der Waals surface area (Å²) in [6.45, 7) is 0. The molecule has 0 bridgehead atoms. The zero-order valence-electron chi connectivity index (χ0n) is 6.38. The van der Waals surface area contributed by atoms with E-state index in [2.05, 4.69) is 34.2 Å². The van der Waals surface area contributed by atoms with Gasteiger partial charge in [0, 0.05) is 16.7 Å². The molecule has 4 aliphatic rings. The molecule has 2 heteroatoms. The Hall–Kier alpha value is -0.370. The molecular formula is C10H7BrO. The van der Waals surface area contributed by atoms with E-state index in [0.29, 0.717) is 28.4 Å². The summed E-state index contributed by atoms with van der Waals surface area (Å²) < 4.78 is 0.826. The molecule has 12 heavy (non-hydrogen) atoms. The molecule has 0 heterocycles. The van der Waals surface area contributed by atoms with Gasteiger partial charge < -0.3 is 0 Å². The van der Waals surface area contributed by atoms with Crippen LogP contribution >= 0.6 is 15.9 Å². The second-order valence-corrected chi connectivity index (χ2v) is 5.33. The lowest BCUT2D eigenvalue weighted by Crippen LogP contribution is -2.49. The lowest BCUT2D eigenvalue weighted by molar-refractivity contribution is -0.125. The Balaban J connectivity index is 1.93. The van der Waals surface area contributed by atoms with E-state index < -0.39 is 0 Å². The van der Waals surface area contributed by atoms with Crippen molar-refractivity contribution in [3.63, 3.8) is 0 Å². The van der Waals surface area contributed by atoms with Crippen molar-refractivity contribution < 1.29 is 4.79 Å². The first kappa shape index (κ1) is 6.14. The molecule has 1 nitrogen and oxygen atoms in total. The van der Waals surface area contributed by atoms with Gasteiger partial charge in [-0.25, -0.2) is 0 Å². The first-order valence-electron chi connectivity index (χ1n) is 4.33. The largest absolute Gasteiger partial charge is 0.293 e. The Kier molecular flexibility index (Phi) is 0.661. The summed E-state index contributed by atoms with van der Waals surface area (Å²) in [4.78, 5) is 11.6. The molecule has 0 saturated heterocycles. The third-order valence-corrected chi connectivity index (χ3v) is 5.01. The highest BCUT2D eigenvalue weighted by atomic mass is 79.9. The zero-order valence-corrected chi connectivity index (χ0v) is 7.97. The van der Waals surface area contributed by atoms with Gasteiger partial charge in [-0.3, -0.25) is 4.79 Å². The van der Waals surface area contributed by atoms with Gasteiger partial charge in [0.25, 0.3) is 0 Å². The van der Waals surface area contributed by atoms with E-state index in [1.165, 1.54) is 6.42 Å². The van der Waals surface area contributed by atoms with Crippen LogP contribution in [0.15, 0.2) is 22.7 Å². The van der Waals surface area contributed by atoms with E-state index in [-0.39, 0.29) is 0 Å². The molecule has 0 aromatic carbocycles. The molecule has 60 valence electrons. The smallest absolute Gasteiger partial charge is 0.174 e. The molecule has 4 aliphatic carbocycles. The fourth-order valence-electron chi connectivity index (χ4n) is 3.66. The van der Waals surface area contributed by atoms with Crippen LogP contribution in [0, 0.1) is 22.7 Å². The van der Waals surface area contributed by atoms with E-state index in [0.717, 1.165) is 4.48 Å². The quantitative estimate of drug-likeness (QED) is 0.574. The van der Waals surface area contributed by atoms with Crippen LogP contribution in [-0.2, 0) is 4.79 Å². The maximum atomic E-state index is 11.6. The van der Waals surface area contributed by atoms with Crippen LogP contribution in [0.4, 0.5) is 0 Å². The maximum absolute atomic E-state index is 11.6. The van der Waals surface area contributed by atoms with Crippen LogP contribution in [-0.4, -0.2) is 5.78 Å². The molecule has 0 radical (unpaired) electrons. The van der Waals surface area contributed by atoms with Gasteiger partial charge in [0.15, 0.2) is 5.78 Å². The molecule has 4 atom stereocenters. The van der Waals surface area contributed by atoms with E-state index >= 15 is 0 Å². The third-order valence-electron chi connectivity index (χ3n) is 4.36. The van der Waals surface area contributed by atoms with Crippen LogP contribution in [0.2, 0.25) is 0 Å². The van der Waals surface area contributed by atoms with Crippen LogP contribution in [0.5, 0.6) is 0 Å². The fraction of sp³-hybridized carbons (Fsp3) is 0.500. The van der Waals surface area contributed by atoms with Crippen LogP contribution in [0.3, 0.4) is 0 Å². The Morgan fingerprint density at radius 3 is 2.75 bits per heavy atom. The molecule has 0 spiro atoms. The van der Waals surface area contributed by atoms with E-state index in [1.54, 1.807) is 0 Å². The molecule has 2 fully saturated rings. The minimum atomic E-state index is 0.317. The molecule has 0 N–H and O–H groups in total. The van der Waals surface area contributed by atoms with E-state index in [9.17, 15) is 4.79 Å². The number of carbonyl (C=O) groups is 1. The Bertz CT molecular complexity index is 395. The summed E-state index contributed by atoms with van der Waals surface area (Å²) in [5.41, 5.74) is 0.809. The fourth-order valence-corrected chi connectivity index (χ4v) is 4.19. The van der Waals surface area contributed by atoms with Gasteiger partial charge in [0.05, 0.1) is 4.48 Å². The second kappa shape index (κ2) is 1.29. The highest BCUT2D eigenvalue weighted by Gasteiger charge is 2.87. The summed E-state index contributed by atoms with van der Waals surface area (Å²) >= 11 is 3.33. The van der Waals surface area contributed by atoms with Gasteiger partial charge in [-0.15, -0.1) is 0 Å². The average Bonchev–Trinajstić information content (AvgIpc) is 2.43. The molecule has 2 saturated carbocycles. The van der Waals surface area contributed by atoms with Crippen molar-refractivity contribution in [2.75, 3.05) is 0 Å². The van der Waals surface area contributed by atoms with Gasteiger partial charge in [0.2, 0.25) is 0 Å². The number of hydrogen-bond donors (Lipinski definition) is 0. The monoisotopic (exact) mass is 222 g/mol. The first-order chi connectivity index (χ1) is 5.71. The zero-order chi connectivity index (χ0) is 8.14. The molecule has 0 aliphatic heterocycles. The van der Waals surface area contributed by atoms with Crippen LogP contribution in [0.1, 0.15) is 6.42 Å². The van der Waals surface area contributed by atoms with Crippen molar-refractivity contribution in [1.82, 2.24) is 0 Å². The predicted molar refractivity (Wildman–Crippen MR) is 47.6 cm³/mol. The van der Waals surface area contributed by atoms with Crippen molar-refractivity contribution in [2.24, 2.45) is 22.7 Å². The predicted octanol–water partition coefficient (Wildman–Crippen LogP) is 2.04. The first-order valence-corrected chi connectivity index (χ1v) is 5.13. The number of carbonyl (C=O) groups excluding carboxylic acids is 1. The number of fused-ring (bicyclic) bond motifs is 1. The Morgan fingerprint density at radius 2 is 2.17 bits per heavy atom. The van der Waals surface area contributed by atoms with Gasteiger partial charge in [-0.1, -0.05) is 18.2 Å². The van der Waals surface area contributed by atoms with E-state index in [1.807, 2.05) is 0 Å². The Morgan fingerprint density at radius 1 is 1.42 bits per heavy atom. The van der Waals surface area contributed by atoms with Crippen molar-refractivity contribution >= 4 is 21.7 Å². The molecule has 0 unspecified atom stereocenters. The summed E-state index contributed by atoms with van der Waals surface area (Å²) in [5, 5.41) is 0. The topological polar surface area (TPSA) is 17.1 Å². The van der Waals surface area contributed by atoms with Gasteiger partial charge in [-0.2, -0.15) is 0 Å². The van der Waals surface area contributed by atoms with Crippen molar-refractivity contribution in [3.8, 4) is 0 Å². The number of rotatable bonds is 0. The minimum Gasteiger partial charge on any atom is -0.293 e. The number of hydrogen-bond acceptors (Lipinski definition) is 1. The second-order valence-electron chi connectivity index (χ2n) is 4.47. The number of allylic oxidation sites excluding steroid dienone is 4. The molecule has 4 rings (SSSR count). The highest BCUT2D eigenvalue weighted by Crippen LogP contribution is 2.91. The Labute approximate surface area is 78.7 Å².